The van der Waals surface area contributed by atoms with E-state index >= 15 is 0 Å². The van der Waals surface area contributed by atoms with Gasteiger partial charge in [0.15, 0.2) is 0 Å². The predicted octanol–water partition coefficient (Wildman–Crippen LogP) is 3.71. The second kappa shape index (κ2) is 6.58. The molecule has 1 aromatic heterocycles. The molecule has 1 aliphatic rings. The summed E-state index contributed by atoms with van der Waals surface area (Å²) in [5.74, 6) is 2.01. The van der Waals surface area contributed by atoms with Crippen LogP contribution in [0.25, 0.3) is 11.4 Å². The number of hydrogen-bond donors (Lipinski definition) is 1. The van der Waals surface area contributed by atoms with Crippen LogP contribution in [0.3, 0.4) is 0 Å². The van der Waals surface area contributed by atoms with Crippen molar-refractivity contribution in [2.45, 2.75) is 38.6 Å². The molecule has 1 unspecified atom stereocenters. The van der Waals surface area contributed by atoms with Gasteiger partial charge in [0.05, 0.1) is 5.02 Å². The maximum absolute atomic E-state index is 6.17. The summed E-state index contributed by atoms with van der Waals surface area (Å²) >= 11 is 6.17. The lowest BCUT2D eigenvalue weighted by Gasteiger charge is -2.15. The zero-order valence-corrected chi connectivity index (χ0v) is 12.9. The molecule has 0 radical (unpaired) electrons. The highest BCUT2D eigenvalue weighted by Crippen LogP contribution is 2.34. The minimum atomic E-state index is 0.449. The fourth-order valence-corrected chi connectivity index (χ4v) is 2.73. The lowest BCUT2D eigenvalue weighted by Crippen LogP contribution is -2.33. The molecule has 1 N–H and O–H groups in total. The minimum Gasteiger partial charge on any atom is -0.339 e. The van der Waals surface area contributed by atoms with E-state index in [0.29, 0.717) is 22.8 Å². The van der Waals surface area contributed by atoms with Gasteiger partial charge in [-0.15, -0.1) is 0 Å². The molecule has 112 valence electrons. The minimum absolute atomic E-state index is 0.449. The molecule has 0 amide bonds. The summed E-state index contributed by atoms with van der Waals surface area (Å²) in [6.45, 7) is 3.21. The van der Waals surface area contributed by atoms with Crippen LogP contribution < -0.4 is 5.32 Å². The molecule has 1 atom stereocenters. The molecule has 2 aromatic rings. The van der Waals surface area contributed by atoms with E-state index < -0.39 is 0 Å². The van der Waals surface area contributed by atoms with E-state index in [-0.39, 0.29) is 0 Å². The molecule has 1 saturated carbocycles. The van der Waals surface area contributed by atoms with Crippen molar-refractivity contribution in [1.29, 1.82) is 0 Å². The van der Waals surface area contributed by atoms with Gasteiger partial charge in [0.2, 0.25) is 11.7 Å². The van der Waals surface area contributed by atoms with Crippen LogP contribution in [0.5, 0.6) is 0 Å². The summed E-state index contributed by atoms with van der Waals surface area (Å²) in [5, 5.41) is 8.29. The van der Waals surface area contributed by atoms with Gasteiger partial charge in [0, 0.05) is 18.0 Å². The van der Waals surface area contributed by atoms with Gasteiger partial charge < -0.3 is 9.84 Å². The van der Waals surface area contributed by atoms with Gasteiger partial charge in [-0.1, -0.05) is 35.8 Å². The number of hydrogen-bond acceptors (Lipinski definition) is 4. The lowest BCUT2D eigenvalue weighted by molar-refractivity contribution is 0.346. The Morgan fingerprint density at radius 3 is 2.90 bits per heavy atom. The first kappa shape index (κ1) is 14.5. The van der Waals surface area contributed by atoms with Gasteiger partial charge >= 0.3 is 0 Å². The molecule has 1 aliphatic carbocycles. The van der Waals surface area contributed by atoms with Crippen LogP contribution >= 0.6 is 11.6 Å². The van der Waals surface area contributed by atoms with E-state index in [1.165, 1.54) is 12.8 Å². The van der Waals surface area contributed by atoms with E-state index in [2.05, 4.69) is 22.4 Å². The standard InChI is InChI=1S/C16H20ClN3O/c1-2-9-18-14(11-7-8-11)10-15-19-16(20-21-15)12-5-3-4-6-13(12)17/h3-6,11,14,18H,2,7-10H2,1H3. The van der Waals surface area contributed by atoms with Crippen molar-refractivity contribution >= 4 is 11.6 Å². The SMILES string of the molecule is CCCNC(Cc1nc(-c2ccccc2Cl)no1)C1CC1. The molecule has 1 heterocycles. The molecule has 4 nitrogen and oxygen atoms in total. The number of halogens is 1. The largest absolute Gasteiger partial charge is 0.339 e. The number of rotatable bonds is 7. The molecule has 3 rings (SSSR count). The Morgan fingerprint density at radius 1 is 1.38 bits per heavy atom. The van der Waals surface area contributed by atoms with Gasteiger partial charge in [-0.05, 0) is 43.9 Å². The second-order valence-corrected chi connectivity index (χ2v) is 6.00. The zero-order chi connectivity index (χ0) is 14.7. The summed E-state index contributed by atoms with van der Waals surface area (Å²) < 4.78 is 5.40. The molecule has 1 aromatic carbocycles. The Kier molecular flexibility index (Phi) is 4.56. The van der Waals surface area contributed by atoms with Crippen molar-refractivity contribution in [2.75, 3.05) is 6.54 Å². The van der Waals surface area contributed by atoms with Crippen LogP contribution in [-0.2, 0) is 6.42 Å². The molecule has 21 heavy (non-hydrogen) atoms. The Balaban J connectivity index is 1.71. The summed E-state index contributed by atoms with van der Waals surface area (Å²) in [6, 6.07) is 8.01. The van der Waals surface area contributed by atoms with Crippen molar-refractivity contribution < 1.29 is 4.52 Å². The molecular formula is C16H20ClN3O. The first-order chi connectivity index (χ1) is 10.3. The van der Waals surface area contributed by atoms with E-state index in [1.807, 2.05) is 24.3 Å². The molecule has 5 heteroatoms. The third-order valence-electron chi connectivity index (χ3n) is 3.82. The van der Waals surface area contributed by atoms with Crippen molar-refractivity contribution in [3.05, 3.63) is 35.2 Å². The van der Waals surface area contributed by atoms with Crippen molar-refractivity contribution in [3.63, 3.8) is 0 Å². The fraction of sp³-hybridized carbons (Fsp3) is 0.500. The summed E-state index contributed by atoms with van der Waals surface area (Å²) in [6.07, 6.45) is 4.53. The van der Waals surface area contributed by atoms with Crippen LogP contribution in [0.1, 0.15) is 32.1 Å². The maximum atomic E-state index is 6.17. The Bertz CT molecular complexity index is 595. The molecule has 0 bridgehead atoms. The molecule has 1 fully saturated rings. The number of nitrogens with zero attached hydrogens (tertiary/aromatic N) is 2. The highest BCUT2D eigenvalue weighted by Gasteiger charge is 2.32. The first-order valence-electron chi connectivity index (χ1n) is 7.58. The third kappa shape index (κ3) is 3.63. The van der Waals surface area contributed by atoms with E-state index in [9.17, 15) is 0 Å². The predicted molar refractivity (Wildman–Crippen MR) is 83.3 cm³/mol. The normalized spacial score (nSPS) is 16.1. The second-order valence-electron chi connectivity index (χ2n) is 5.59. The van der Waals surface area contributed by atoms with E-state index in [0.717, 1.165) is 30.9 Å². The van der Waals surface area contributed by atoms with Gasteiger partial charge in [0.25, 0.3) is 0 Å². The van der Waals surface area contributed by atoms with Crippen LogP contribution in [0, 0.1) is 5.92 Å². The molecule has 0 spiro atoms. The summed E-state index contributed by atoms with van der Waals surface area (Å²) in [4.78, 5) is 4.50. The number of aromatic nitrogens is 2. The van der Waals surface area contributed by atoms with E-state index in [1.54, 1.807) is 0 Å². The zero-order valence-electron chi connectivity index (χ0n) is 12.2. The Hall–Kier alpha value is -1.39. The van der Waals surface area contributed by atoms with E-state index in [4.69, 9.17) is 16.1 Å². The lowest BCUT2D eigenvalue weighted by atomic mass is 10.1. The van der Waals surface area contributed by atoms with Gasteiger partial charge in [-0.3, -0.25) is 0 Å². The molecular weight excluding hydrogens is 286 g/mol. The topological polar surface area (TPSA) is 51.0 Å². The Labute approximate surface area is 129 Å². The van der Waals surface area contributed by atoms with Crippen LogP contribution in [0.4, 0.5) is 0 Å². The van der Waals surface area contributed by atoms with Gasteiger partial charge in [-0.25, -0.2) is 0 Å². The summed E-state index contributed by atoms with van der Waals surface area (Å²) in [5.41, 5.74) is 0.818. The van der Waals surface area contributed by atoms with Gasteiger partial charge in [0.1, 0.15) is 0 Å². The smallest absolute Gasteiger partial charge is 0.228 e. The van der Waals surface area contributed by atoms with Crippen molar-refractivity contribution in [2.24, 2.45) is 5.92 Å². The van der Waals surface area contributed by atoms with Crippen LogP contribution in [0.15, 0.2) is 28.8 Å². The maximum Gasteiger partial charge on any atom is 0.228 e. The number of benzene rings is 1. The monoisotopic (exact) mass is 305 g/mol. The average molecular weight is 306 g/mol. The highest BCUT2D eigenvalue weighted by atomic mass is 35.5. The molecule has 0 saturated heterocycles. The fourth-order valence-electron chi connectivity index (χ4n) is 2.51. The van der Waals surface area contributed by atoms with Crippen molar-refractivity contribution in [1.82, 2.24) is 15.5 Å². The van der Waals surface area contributed by atoms with Crippen LogP contribution in [-0.4, -0.2) is 22.7 Å². The van der Waals surface area contributed by atoms with Crippen molar-refractivity contribution in [3.8, 4) is 11.4 Å². The Morgan fingerprint density at radius 2 is 2.19 bits per heavy atom. The quantitative estimate of drug-likeness (QED) is 0.847. The highest BCUT2D eigenvalue weighted by molar-refractivity contribution is 6.33. The molecule has 0 aliphatic heterocycles. The number of nitrogens with one attached hydrogen (secondary N) is 1. The third-order valence-corrected chi connectivity index (χ3v) is 4.15. The average Bonchev–Trinajstić information content (AvgIpc) is 3.24. The van der Waals surface area contributed by atoms with Crippen LogP contribution in [0.2, 0.25) is 5.02 Å². The first-order valence-corrected chi connectivity index (χ1v) is 7.96. The van der Waals surface area contributed by atoms with Gasteiger partial charge in [-0.2, -0.15) is 4.98 Å². The summed E-state index contributed by atoms with van der Waals surface area (Å²) in [7, 11) is 0.